The van der Waals surface area contributed by atoms with Crippen molar-refractivity contribution in [1.29, 1.82) is 0 Å². The first-order valence-electron chi connectivity index (χ1n) is 13.3. The molecule has 2 atom stereocenters. The predicted octanol–water partition coefficient (Wildman–Crippen LogP) is 3.04. The third kappa shape index (κ3) is 5.06. The van der Waals surface area contributed by atoms with Crippen LogP contribution < -0.4 is 5.32 Å². The number of aliphatic carboxylic acids is 2. The second-order valence-electron chi connectivity index (χ2n) is 10.9. The third-order valence-electron chi connectivity index (χ3n) is 8.40. The molecule has 3 aliphatic heterocycles. The van der Waals surface area contributed by atoms with E-state index in [-0.39, 0.29) is 35.8 Å². The summed E-state index contributed by atoms with van der Waals surface area (Å²) in [6.07, 6.45) is 3.62. The predicted molar refractivity (Wildman–Crippen MR) is 148 cm³/mol. The monoisotopic (exact) mass is 602 g/mol. The summed E-state index contributed by atoms with van der Waals surface area (Å²) >= 11 is 7.71. The van der Waals surface area contributed by atoms with E-state index in [0.29, 0.717) is 61.1 Å². The summed E-state index contributed by atoms with van der Waals surface area (Å²) in [6.45, 7) is 2.30. The molecule has 4 heterocycles. The zero-order valence-corrected chi connectivity index (χ0v) is 23.5. The van der Waals surface area contributed by atoms with Crippen molar-refractivity contribution in [3.05, 3.63) is 62.5 Å². The topological polar surface area (TPSA) is 139 Å². The van der Waals surface area contributed by atoms with Crippen LogP contribution >= 0.6 is 22.9 Å². The van der Waals surface area contributed by atoms with E-state index in [2.05, 4.69) is 20.2 Å². The number of carbonyl (C=O) groups is 3. The van der Waals surface area contributed by atoms with Gasteiger partial charge >= 0.3 is 18.0 Å². The summed E-state index contributed by atoms with van der Waals surface area (Å²) in [6, 6.07) is 2.52. The Hall–Kier alpha value is -3.55. The van der Waals surface area contributed by atoms with E-state index in [1.165, 1.54) is 23.5 Å². The van der Waals surface area contributed by atoms with Crippen LogP contribution in [0.1, 0.15) is 35.9 Å². The number of aliphatic imine (C=N–C) groups is 1. The van der Waals surface area contributed by atoms with E-state index in [4.69, 9.17) is 11.6 Å². The number of nitrogens with one attached hydrogen (secondary N) is 1. The molecule has 2 aromatic rings. The maximum Gasteiger partial charge on any atom is 0.335 e. The molecule has 6 rings (SSSR count). The number of amides is 2. The highest BCUT2D eigenvalue weighted by Crippen LogP contribution is 2.43. The standard InChI is InChI=1S/C27H28ClFN6O5S/c28-18-10-15(29)2-3-17(18)21-20(24(36)37)19(31-22(32-21)23-30-6-9-41-23)13-33-7-8-35-16(11-33)12-34(26(35)40)14-27(25(38)39)4-1-5-27/h2-3,6,9-10,16,21H,1,4-5,7-8,11-14H2,(H,31,32)(H,36,37)(H,38,39)/t16-,21-/m0/s1. The third-order valence-corrected chi connectivity index (χ3v) is 9.51. The number of fused-ring (bicyclic) bond motifs is 1. The molecule has 0 spiro atoms. The molecule has 2 saturated heterocycles. The molecule has 14 heteroatoms. The van der Waals surface area contributed by atoms with Crippen molar-refractivity contribution in [3.8, 4) is 0 Å². The quantitative estimate of drug-likeness (QED) is 0.419. The van der Waals surface area contributed by atoms with Crippen LogP contribution in [0.2, 0.25) is 5.02 Å². The number of piperazine rings is 1. The lowest BCUT2D eigenvalue weighted by molar-refractivity contribution is -0.155. The molecule has 3 N–H and O–H groups in total. The second kappa shape index (κ2) is 10.7. The molecule has 1 aliphatic carbocycles. The summed E-state index contributed by atoms with van der Waals surface area (Å²) < 4.78 is 13.8. The van der Waals surface area contributed by atoms with Crippen LogP contribution in [0.3, 0.4) is 0 Å². The fourth-order valence-corrected chi connectivity index (χ4v) is 6.98. The number of hydrogen-bond donors (Lipinski definition) is 3. The number of halogens is 2. The molecule has 11 nitrogen and oxygen atoms in total. The first kappa shape index (κ1) is 27.6. The minimum Gasteiger partial charge on any atom is -0.481 e. The van der Waals surface area contributed by atoms with Crippen LogP contribution in [-0.2, 0) is 9.59 Å². The number of amidine groups is 1. The Morgan fingerprint density at radius 3 is 2.66 bits per heavy atom. The van der Waals surface area contributed by atoms with Gasteiger partial charge in [0.25, 0.3) is 0 Å². The largest absolute Gasteiger partial charge is 0.481 e. The first-order chi connectivity index (χ1) is 19.6. The van der Waals surface area contributed by atoms with Crippen LogP contribution in [0.5, 0.6) is 0 Å². The van der Waals surface area contributed by atoms with Crippen LogP contribution in [0, 0.1) is 11.2 Å². The van der Waals surface area contributed by atoms with Gasteiger partial charge in [0.05, 0.1) is 17.0 Å². The number of thiazole rings is 1. The molecule has 41 heavy (non-hydrogen) atoms. The zero-order chi connectivity index (χ0) is 28.9. The SMILES string of the molecule is O=C(O)C1=C(CN2CCN3C(=O)N(CC4(C(=O)O)CCC4)C[C@@H]3C2)NC(c2nccs2)=N[C@H]1c1ccc(F)cc1Cl. The van der Waals surface area contributed by atoms with Gasteiger partial charge in [0.2, 0.25) is 0 Å². The fourth-order valence-electron chi connectivity index (χ4n) is 6.12. The van der Waals surface area contributed by atoms with Gasteiger partial charge in [-0.1, -0.05) is 24.1 Å². The highest BCUT2D eigenvalue weighted by molar-refractivity contribution is 7.11. The number of urea groups is 1. The zero-order valence-electron chi connectivity index (χ0n) is 21.9. The maximum absolute atomic E-state index is 13.8. The minimum atomic E-state index is -1.18. The lowest BCUT2D eigenvalue weighted by Crippen LogP contribution is -2.53. The molecule has 0 radical (unpaired) electrons. The molecule has 1 saturated carbocycles. The number of nitrogens with zero attached hydrogens (tertiary/aromatic N) is 5. The number of hydrogen-bond acceptors (Lipinski definition) is 8. The van der Waals surface area contributed by atoms with Crippen LogP contribution in [-0.4, -0.2) is 99.0 Å². The van der Waals surface area contributed by atoms with E-state index in [9.17, 15) is 29.0 Å². The number of rotatable bonds is 8. The lowest BCUT2D eigenvalue weighted by atomic mass is 9.68. The summed E-state index contributed by atoms with van der Waals surface area (Å²) in [5, 5.41) is 25.7. The van der Waals surface area contributed by atoms with Gasteiger partial charge < -0.3 is 25.3 Å². The van der Waals surface area contributed by atoms with E-state index in [1.807, 2.05) is 0 Å². The summed E-state index contributed by atoms with van der Waals surface area (Å²) in [5.74, 6) is -2.18. The lowest BCUT2D eigenvalue weighted by Gasteiger charge is -2.40. The molecule has 0 unspecified atom stereocenters. The normalized spacial score (nSPS) is 24.0. The summed E-state index contributed by atoms with van der Waals surface area (Å²) in [4.78, 5) is 52.1. The average Bonchev–Trinajstić information content (AvgIpc) is 3.54. The Morgan fingerprint density at radius 2 is 2.02 bits per heavy atom. The number of carboxylic acids is 2. The molecule has 1 aromatic heterocycles. The van der Waals surface area contributed by atoms with Gasteiger partial charge in [-0.2, -0.15) is 0 Å². The van der Waals surface area contributed by atoms with Gasteiger partial charge in [0, 0.05) is 67.1 Å². The van der Waals surface area contributed by atoms with Crippen LogP contribution in [0.25, 0.3) is 0 Å². The summed E-state index contributed by atoms with van der Waals surface area (Å²) in [5.41, 5.74) is -0.0844. The maximum atomic E-state index is 13.8. The number of carboxylic acid groups (broad SMARTS) is 2. The smallest absolute Gasteiger partial charge is 0.335 e. The minimum absolute atomic E-state index is 0.00116. The van der Waals surface area contributed by atoms with Crippen LogP contribution in [0.4, 0.5) is 9.18 Å². The Balaban J connectivity index is 1.25. The van der Waals surface area contributed by atoms with Gasteiger partial charge in [-0.15, -0.1) is 11.3 Å². The van der Waals surface area contributed by atoms with Crippen molar-refractivity contribution in [2.75, 3.05) is 39.3 Å². The number of carbonyl (C=O) groups excluding carboxylic acids is 1. The molecular weight excluding hydrogens is 575 g/mol. The van der Waals surface area contributed by atoms with Crippen molar-refractivity contribution in [1.82, 2.24) is 25.0 Å². The van der Waals surface area contributed by atoms with Crippen molar-refractivity contribution < 1.29 is 29.0 Å². The van der Waals surface area contributed by atoms with Crippen molar-refractivity contribution in [3.63, 3.8) is 0 Å². The van der Waals surface area contributed by atoms with Gasteiger partial charge in [-0.25, -0.2) is 19.0 Å². The van der Waals surface area contributed by atoms with Gasteiger partial charge in [0.15, 0.2) is 10.8 Å². The van der Waals surface area contributed by atoms with Gasteiger partial charge in [0.1, 0.15) is 11.9 Å². The number of aromatic nitrogens is 1. The van der Waals surface area contributed by atoms with Crippen molar-refractivity contribution in [2.24, 2.45) is 10.4 Å². The highest BCUT2D eigenvalue weighted by Gasteiger charge is 2.50. The molecular formula is C27H28ClFN6O5S. The number of benzene rings is 1. The van der Waals surface area contributed by atoms with Gasteiger partial charge in [-0.05, 0) is 25.0 Å². The first-order valence-corrected chi connectivity index (χ1v) is 14.6. The second-order valence-corrected chi connectivity index (χ2v) is 12.2. The van der Waals surface area contributed by atoms with Crippen molar-refractivity contribution >= 4 is 46.7 Å². The van der Waals surface area contributed by atoms with Crippen molar-refractivity contribution in [2.45, 2.75) is 31.3 Å². The van der Waals surface area contributed by atoms with E-state index in [1.54, 1.807) is 21.4 Å². The van der Waals surface area contributed by atoms with Gasteiger partial charge in [-0.3, -0.25) is 14.7 Å². The Bertz CT molecular complexity index is 1460. The van der Waals surface area contributed by atoms with E-state index >= 15 is 0 Å². The van der Waals surface area contributed by atoms with E-state index < -0.39 is 29.2 Å². The molecule has 4 aliphatic rings. The Kier molecular flexibility index (Phi) is 7.20. The molecule has 3 fully saturated rings. The Labute approximate surface area is 243 Å². The fraction of sp³-hybridized carbons (Fsp3) is 0.444. The molecule has 1 aromatic carbocycles. The summed E-state index contributed by atoms with van der Waals surface area (Å²) in [7, 11) is 0. The average molecular weight is 603 g/mol. The molecule has 216 valence electrons. The molecule has 2 amide bonds. The Morgan fingerprint density at radius 1 is 1.22 bits per heavy atom. The molecule has 0 bridgehead atoms. The van der Waals surface area contributed by atoms with Crippen LogP contribution in [0.15, 0.2) is 46.0 Å². The van der Waals surface area contributed by atoms with E-state index in [0.717, 1.165) is 12.5 Å². The highest BCUT2D eigenvalue weighted by atomic mass is 35.5.